The summed E-state index contributed by atoms with van der Waals surface area (Å²) in [5, 5.41) is 10.5. The maximum atomic E-state index is 6.08. The molecule has 4 rings (SSSR count). The van der Waals surface area contributed by atoms with Crippen molar-refractivity contribution in [1.29, 1.82) is 0 Å². The van der Waals surface area contributed by atoms with Gasteiger partial charge in [0.05, 0.1) is 0 Å². The first kappa shape index (κ1) is 17.8. The van der Waals surface area contributed by atoms with Crippen LogP contribution in [-0.2, 0) is 5.75 Å². The molecular weight excluding hydrogens is 374 g/mol. The zero-order chi connectivity index (χ0) is 18.6. The van der Waals surface area contributed by atoms with Crippen molar-refractivity contribution in [3.63, 3.8) is 0 Å². The Bertz CT molecular complexity index is 1040. The van der Waals surface area contributed by atoms with Crippen molar-refractivity contribution >= 4 is 23.4 Å². The quantitative estimate of drug-likeness (QED) is 0.380. The first-order chi connectivity index (χ1) is 13.2. The molecule has 0 unspecified atom stereocenters. The standard InChI is InChI=1S/C22H18ClN3S/c1-16-7-5-6-10-18(16)15-27-22-25-24-21(17-8-3-2-4-9-17)26(22)20-13-11-19(23)12-14-20/h2-14H,15H2,1H3. The minimum Gasteiger partial charge on any atom is -0.270 e. The molecule has 0 aliphatic rings. The van der Waals surface area contributed by atoms with E-state index in [2.05, 4.69) is 46.0 Å². The summed E-state index contributed by atoms with van der Waals surface area (Å²) < 4.78 is 2.09. The van der Waals surface area contributed by atoms with Gasteiger partial charge in [0.1, 0.15) is 0 Å². The van der Waals surface area contributed by atoms with Gasteiger partial charge in [0.15, 0.2) is 11.0 Å². The lowest BCUT2D eigenvalue weighted by Gasteiger charge is -2.11. The molecule has 0 saturated carbocycles. The lowest BCUT2D eigenvalue weighted by Crippen LogP contribution is -2.00. The third-order valence-corrected chi connectivity index (χ3v) is 5.60. The van der Waals surface area contributed by atoms with Crippen molar-refractivity contribution in [1.82, 2.24) is 14.8 Å². The van der Waals surface area contributed by atoms with Crippen LogP contribution in [-0.4, -0.2) is 14.8 Å². The monoisotopic (exact) mass is 391 g/mol. The SMILES string of the molecule is Cc1ccccc1CSc1nnc(-c2ccccc2)n1-c1ccc(Cl)cc1. The van der Waals surface area contributed by atoms with Crippen LogP contribution in [0.4, 0.5) is 0 Å². The molecule has 134 valence electrons. The van der Waals surface area contributed by atoms with Crippen molar-refractivity contribution in [2.75, 3.05) is 0 Å². The molecular formula is C22H18ClN3S. The number of halogens is 1. The van der Waals surface area contributed by atoms with Crippen molar-refractivity contribution in [3.8, 4) is 17.1 Å². The minimum absolute atomic E-state index is 0.710. The summed E-state index contributed by atoms with van der Waals surface area (Å²) in [5.74, 6) is 1.66. The summed E-state index contributed by atoms with van der Waals surface area (Å²) >= 11 is 7.77. The average Bonchev–Trinajstić information content (AvgIpc) is 3.12. The first-order valence-corrected chi connectivity index (χ1v) is 10.0. The van der Waals surface area contributed by atoms with Gasteiger partial charge in [0.2, 0.25) is 0 Å². The highest BCUT2D eigenvalue weighted by molar-refractivity contribution is 7.98. The van der Waals surface area contributed by atoms with Gasteiger partial charge in [0.25, 0.3) is 0 Å². The van der Waals surface area contributed by atoms with Gasteiger partial charge in [-0.25, -0.2) is 0 Å². The van der Waals surface area contributed by atoms with E-state index < -0.39 is 0 Å². The van der Waals surface area contributed by atoms with Crippen LogP contribution < -0.4 is 0 Å². The van der Waals surface area contributed by atoms with Crippen LogP contribution in [0.1, 0.15) is 11.1 Å². The van der Waals surface area contributed by atoms with Gasteiger partial charge < -0.3 is 0 Å². The molecule has 0 spiro atoms. The topological polar surface area (TPSA) is 30.7 Å². The van der Waals surface area contributed by atoms with Crippen molar-refractivity contribution in [2.45, 2.75) is 17.8 Å². The van der Waals surface area contributed by atoms with E-state index in [1.54, 1.807) is 11.8 Å². The predicted octanol–water partition coefficient (Wildman–Crippen LogP) is 6.19. The summed E-state index contributed by atoms with van der Waals surface area (Å²) in [5.41, 5.74) is 4.61. The van der Waals surface area contributed by atoms with Gasteiger partial charge in [-0.15, -0.1) is 10.2 Å². The first-order valence-electron chi connectivity index (χ1n) is 8.66. The average molecular weight is 392 g/mol. The van der Waals surface area contributed by atoms with Crippen LogP contribution in [0.15, 0.2) is 84.0 Å². The Kier molecular flexibility index (Phi) is 5.28. The number of aromatic nitrogens is 3. The van der Waals surface area contributed by atoms with E-state index in [1.165, 1.54) is 11.1 Å². The molecule has 0 aliphatic heterocycles. The van der Waals surface area contributed by atoms with E-state index in [9.17, 15) is 0 Å². The lowest BCUT2D eigenvalue weighted by molar-refractivity contribution is 0.886. The molecule has 4 aromatic rings. The highest BCUT2D eigenvalue weighted by Gasteiger charge is 2.16. The van der Waals surface area contributed by atoms with E-state index in [1.807, 2.05) is 54.6 Å². The normalized spacial score (nSPS) is 10.9. The molecule has 0 bridgehead atoms. The van der Waals surface area contributed by atoms with E-state index in [0.717, 1.165) is 28.0 Å². The molecule has 0 amide bonds. The van der Waals surface area contributed by atoms with E-state index in [0.29, 0.717) is 5.02 Å². The van der Waals surface area contributed by atoms with Crippen LogP contribution in [0.2, 0.25) is 5.02 Å². The fraction of sp³-hybridized carbons (Fsp3) is 0.0909. The van der Waals surface area contributed by atoms with Crippen LogP contribution in [0.25, 0.3) is 17.1 Å². The van der Waals surface area contributed by atoms with Gasteiger partial charge in [-0.05, 0) is 42.3 Å². The third kappa shape index (κ3) is 3.92. The third-order valence-electron chi connectivity index (χ3n) is 4.37. The molecule has 5 heteroatoms. The Morgan fingerprint density at radius 3 is 2.30 bits per heavy atom. The number of benzene rings is 3. The molecule has 0 saturated heterocycles. The summed E-state index contributed by atoms with van der Waals surface area (Å²) in [6.07, 6.45) is 0. The maximum absolute atomic E-state index is 6.08. The van der Waals surface area contributed by atoms with Crippen LogP contribution in [0.3, 0.4) is 0 Å². The Hall–Kier alpha value is -2.56. The van der Waals surface area contributed by atoms with E-state index in [-0.39, 0.29) is 0 Å². The number of hydrogen-bond donors (Lipinski definition) is 0. The van der Waals surface area contributed by atoms with E-state index >= 15 is 0 Å². The second-order valence-corrected chi connectivity index (χ2v) is 7.58. The fourth-order valence-electron chi connectivity index (χ4n) is 2.87. The minimum atomic E-state index is 0.710. The second-order valence-electron chi connectivity index (χ2n) is 6.20. The molecule has 27 heavy (non-hydrogen) atoms. The number of hydrogen-bond acceptors (Lipinski definition) is 3. The van der Waals surface area contributed by atoms with Crippen molar-refractivity contribution in [3.05, 3.63) is 95.0 Å². The summed E-state index contributed by atoms with van der Waals surface area (Å²) in [6, 6.07) is 26.3. The van der Waals surface area contributed by atoms with Crippen LogP contribution >= 0.6 is 23.4 Å². The predicted molar refractivity (Wildman–Crippen MR) is 113 cm³/mol. The Morgan fingerprint density at radius 2 is 1.56 bits per heavy atom. The number of thioether (sulfide) groups is 1. The fourth-order valence-corrected chi connectivity index (χ4v) is 4.03. The van der Waals surface area contributed by atoms with Crippen molar-refractivity contribution in [2.24, 2.45) is 0 Å². The molecule has 0 radical (unpaired) electrons. The Morgan fingerprint density at radius 1 is 0.852 bits per heavy atom. The Labute approximate surface area is 168 Å². The summed E-state index contributed by atoms with van der Waals surface area (Å²) in [4.78, 5) is 0. The molecule has 1 aromatic heterocycles. The zero-order valence-corrected chi connectivity index (χ0v) is 16.4. The van der Waals surface area contributed by atoms with E-state index in [4.69, 9.17) is 11.6 Å². The van der Waals surface area contributed by atoms with Gasteiger partial charge in [-0.2, -0.15) is 0 Å². The zero-order valence-electron chi connectivity index (χ0n) is 14.8. The van der Waals surface area contributed by atoms with Gasteiger partial charge in [0, 0.05) is 22.0 Å². The largest absolute Gasteiger partial charge is 0.270 e. The highest BCUT2D eigenvalue weighted by Crippen LogP contribution is 2.30. The lowest BCUT2D eigenvalue weighted by atomic mass is 10.1. The second kappa shape index (κ2) is 7.99. The number of aryl methyl sites for hydroxylation is 1. The molecule has 1 heterocycles. The Balaban J connectivity index is 1.74. The smallest absolute Gasteiger partial charge is 0.196 e. The maximum Gasteiger partial charge on any atom is 0.196 e. The molecule has 0 N–H and O–H groups in total. The molecule has 3 nitrogen and oxygen atoms in total. The molecule has 0 aliphatic carbocycles. The van der Waals surface area contributed by atoms with Gasteiger partial charge >= 0.3 is 0 Å². The van der Waals surface area contributed by atoms with Crippen LogP contribution in [0, 0.1) is 6.92 Å². The molecule has 0 atom stereocenters. The van der Waals surface area contributed by atoms with Crippen LogP contribution in [0.5, 0.6) is 0 Å². The van der Waals surface area contributed by atoms with Gasteiger partial charge in [-0.3, -0.25) is 4.57 Å². The number of nitrogens with zero attached hydrogens (tertiary/aromatic N) is 3. The molecule has 3 aromatic carbocycles. The van der Waals surface area contributed by atoms with Gasteiger partial charge in [-0.1, -0.05) is 78.0 Å². The molecule has 0 fully saturated rings. The number of rotatable bonds is 5. The summed E-state index contributed by atoms with van der Waals surface area (Å²) in [6.45, 7) is 2.13. The highest BCUT2D eigenvalue weighted by atomic mass is 35.5. The van der Waals surface area contributed by atoms with Crippen molar-refractivity contribution < 1.29 is 0 Å². The summed E-state index contributed by atoms with van der Waals surface area (Å²) in [7, 11) is 0.